The Morgan fingerprint density at radius 1 is 1.26 bits per heavy atom. The summed E-state index contributed by atoms with van der Waals surface area (Å²) >= 11 is 0. The number of ether oxygens (including phenoxy) is 1. The van der Waals surface area contributed by atoms with E-state index in [1.807, 2.05) is 12.2 Å². The number of aromatic hydroxyl groups is 1. The third-order valence-electron chi connectivity index (χ3n) is 5.67. The van der Waals surface area contributed by atoms with E-state index in [4.69, 9.17) is 9.26 Å². The molecular weight excluding hydrogens is 399 g/mol. The van der Waals surface area contributed by atoms with E-state index in [1.165, 1.54) is 25.1 Å². The summed E-state index contributed by atoms with van der Waals surface area (Å²) in [5.41, 5.74) is 1.93. The minimum Gasteiger partial charge on any atom is -0.504 e. The van der Waals surface area contributed by atoms with Gasteiger partial charge in [-0.1, -0.05) is 17.3 Å². The average Bonchev–Trinajstić information content (AvgIpc) is 3.18. The highest BCUT2D eigenvalue weighted by atomic mass is 19.1. The van der Waals surface area contributed by atoms with Gasteiger partial charge >= 0.3 is 0 Å². The van der Waals surface area contributed by atoms with Crippen LogP contribution in [0.15, 0.2) is 53.1 Å². The fraction of sp³-hybridized carbons (Fsp3) is 0.333. The summed E-state index contributed by atoms with van der Waals surface area (Å²) in [6.45, 7) is 4.47. The molecule has 1 aliphatic heterocycles. The van der Waals surface area contributed by atoms with E-state index in [9.17, 15) is 14.3 Å². The monoisotopic (exact) mass is 424 g/mol. The van der Waals surface area contributed by atoms with Crippen molar-refractivity contribution in [3.8, 4) is 11.5 Å². The van der Waals surface area contributed by atoms with Gasteiger partial charge in [0.15, 0.2) is 22.9 Å². The first-order valence-electron chi connectivity index (χ1n) is 10.4. The summed E-state index contributed by atoms with van der Waals surface area (Å²) < 4.78 is 24.2. The quantitative estimate of drug-likeness (QED) is 0.438. The van der Waals surface area contributed by atoms with Crippen molar-refractivity contribution < 1.29 is 23.6 Å². The van der Waals surface area contributed by atoms with Gasteiger partial charge in [0.1, 0.15) is 12.4 Å². The van der Waals surface area contributed by atoms with Gasteiger partial charge in [0.2, 0.25) is 0 Å². The molecule has 7 heteroatoms. The zero-order chi connectivity index (χ0) is 21.8. The van der Waals surface area contributed by atoms with Crippen molar-refractivity contribution in [3.05, 3.63) is 65.6 Å². The molecule has 0 spiro atoms. The van der Waals surface area contributed by atoms with Crippen LogP contribution in [-0.2, 0) is 0 Å². The smallest absolute Gasteiger partial charge is 0.170 e. The molecule has 1 aliphatic rings. The van der Waals surface area contributed by atoms with E-state index in [2.05, 4.69) is 10.1 Å². The van der Waals surface area contributed by atoms with Crippen LogP contribution >= 0.6 is 0 Å². The Kier molecular flexibility index (Phi) is 6.32. The maximum absolute atomic E-state index is 13.3. The summed E-state index contributed by atoms with van der Waals surface area (Å²) in [7, 11) is 0. The van der Waals surface area contributed by atoms with Gasteiger partial charge in [-0.05, 0) is 63.2 Å². The molecule has 0 unspecified atom stereocenters. The normalized spacial score (nSPS) is 15.7. The number of ketones is 1. The van der Waals surface area contributed by atoms with Gasteiger partial charge < -0.3 is 14.4 Å². The van der Waals surface area contributed by atoms with E-state index in [0.717, 1.165) is 43.6 Å². The van der Waals surface area contributed by atoms with Crippen molar-refractivity contribution in [2.45, 2.75) is 25.7 Å². The minimum atomic E-state index is -0.317. The predicted molar refractivity (Wildman–Crippen MR) is 115 cm³/mol. The van der Waals surface area contributed by atoms with Crippen molar-refractivity contribution in [3.63, 3.8) is 0 Å². The lowest BCUT2D eigenvalue weighted by Gasteiger charge is -2.30. The molecule has 1 aromatic heterocycles. The van der Waals surface area contributed by atoms with Gasteiger partial charge in [-0.3, -0.25) is 9.69 Å². The van der Waals surface area contributed by atoms with Gasteiger partial charge in [0, 0.05) is 29.5 Å². The molecule has 2 aromatic carbocycles. The number of piperidine rings is 1. The first-order valence-corrected chi connectivity index (χ1v) is 10.4. The minimum absolute atomic E-state index is 0.0172. The Balaban J connectivity index is 1.24. The summed E-state index contributed by atoms with van der Waals surface area (Å²) in [4.78, 5) is 13.8. The standard InChI is InChI=1S/C24H25FN2O4/c1-16(28)18-4-7-21(29)23(14-18)30-13-3-2-10-27-11-8-17(9-12-27)24-20-6-5-19(25)15-22(20)31-26-24/h2-7,14-15,17,29H,8-13H2,1H3. The topological polar surface area (TPSA) is 75.8 Å². The number of halogens is 1. The number of phenols is 1. The number of hydrogen-bond donors (Lipinski definition) is 1. The zero-order valence-electron chi connectivity index (χ0n) is 17.4. The van der Waals surface area contributed by atoms with Crippen molar-refractivity contribution >= 4 is 16.8 Å². The highest BCUT2D eigenvalue weighted by Gasteiger charge is 2.24. The van der Waals surface area contributed by atoms with Gasteiger partial charge in [-0.15, -0.1) is 0 Å². The second-order valence-corrected chi connectivity index (χ2v) is 7.80. The lowest BCUT2D eigenvalue weighted by atomic mass is 9.91. The number of carbonyl (C=O) groups excluding carboxylic acids is 1. The summed E-state index contributed by atoms with van der Waals surface area (Å²) in [6.07, 6.45) is 5.89. The van der Waals surface area contributed by atoms with Crippen LogP contribution in [0.4, 0.5) is 4.39 Å². The first kappa shape index (κ1) is 21.1. The van der Waals surface area contributed by atoms with E-state index < -0.39 is 0 Å². The number of aromatic nitrogens is 1. The lowest BCUT2D eigenvalue weighted by molar-refractivity contribution is 0.101. The van der Waals surface area contributed by atoms with E-state index in [0.29, 0.717) is 29.4 Å². The zero-order valence-corrected chi connectivity index (χ0v) is 17.4. The molecule has 0 amide bonds. The second kappa shape index (κ2) is 9.31. The van der Waals surface area contributed by atoms with Gasteiger partial charge in [-0.25, -0.2) is 4.39 Å². The Morgan fingerprint density at radius 3 is 2.84 bits per heavy atom. The van der Waals surface area contributed by atoms with E-state index in [-0.39, 0.29) is 17.3 Å². The highest BCUT2D eigenvalue weighted by molar-refractivity contribution is 5.94. The number of phenolic OH excluding ortho intramolecular Hbond substituents is 1. The maximum Gasteiger partial charge on any atom is 0.170 e. The Morgan fingerprint density at radius 2 is 2.06 bits per heavy atom. The number of benzene rings is 2. The number of likely N-dealkylation sites (tertiary alicyclic amines) is 1. The van der Waals surface area contributed by atoms with Crippen molar-refractivity contribution in [1.82, 2.24) is 10.1 Å². The number of fused-ring (bicyclic) bond motifs is 1. The van der Waals surface area contributed by atoms with Crippen molar-refractivity contribution in [2.24, 2.45) is 0 Å². The average molecular weight is 424 g/mol. The molecule has 162 valence electrons. The summed E-state index contributed by atoms with van der Waals surface area (Å²) in [5.74, 6) is 0.241. The Labute approximate surface area is 179 Å². The molecule has 1 fully saturated rings. The number of nitrogens with zero attached hydrogens (tertiary/aromatic N) is 2. The summed E-state index contributed by atoms with van der Waals surface area (Å²) in [5, 5.41) is 15.0. The van der Waals surface area contributed by atoms with Gasteiger partial charge in [0.05, 0.1) is 5.69 Å². The molecule has 3 aromatic rings. The van der Waals surface area contributed by atoms with Gasteiger partial charge in [0.25, 0.3) is 0 Å². The van der Waals surface area contributed by atoms with Crippen LogP contribution < -0.4 is 4.74 Å². The van der Waals surface area contributed by atoms with Crippen molar-refractivity contribution in [2.75, 3.05) is 26.2 Å². The summed E-state index contributed by atoms with van der Waals surface area (Å²) in [6, 6.07) is 9.16. The molecule has 6 nitrogen and oxygen atoms in total. The van der Waals surface area contributed by atoms with E-state index in [1.54, 1.807) is 18.2 Å². The Bertz CT molecular complexity index is 1100. The second-order valence-electron chi connectivity index (χ2n) is 7.80. The third-order valence-corrected chi connectivity index (χ3v) is 5.67. The molecule has 2 heterocycles. The fourth-order valence-electron chi connectivity index (χ4n) is 3.89. The molecule has 1 N–H and O–H groups in total. The van der Waals surface area contributed by atoms with Gasteiger partial charge in [-0.2, -0.15) is 0 Å². The number of rotatable bonds is 7. The van der Waals surface area contributed by atoms with Crippen LogP contribution in [0.5, 0.6) is 11.5 Å². The van der Waals surface area contributed by atoms with Crippen LogP contribution in [0.2, 0.25) is 0 Å². The molecule has 0 atom stereocenters. The Hall–Kier alpha value is -3.19. The highest BCUT2D eigenvalue weighted by Crippen LogP contribution is 2.32. The van der Waals surface area contributed by atoms with Crippen LogP contribution in [0.1, 0.15) is 41.7 Å². The maximum atomic E-state index is 13.3. The van der Waals surface area contributed by atoms with Crippen LogP contribution in [-0.4, -0.2) is 47.2 Å². The van der Waals surface area contributed by atoms with Crippen LogP contribution in [0.3, 0.4) is 0 Å². The molecule has 1 saturated heterocycles. The lowest BCUT2D eigenvalue weighted by Crippen LogP contribution is -2.33. The fourth-order valence-corrected chi connectivity index (χ4v) is 3.89. The molecule has 0 bridgehead atoms. The third kappa shape index (κ3) is 4.94. The molecule has 4 rings (SSSR count). The molecule has 0 saturated carbocycles. The molecule has 31 heavy (non-hydrogen) atoms. The molecule has 0 aliphatic carbocycles. The largest absolute Gasteiger partial charge is 0.504 e. The number of Topliss-reactive ketones (excluding diaryl/α,β-unsaturated/α-hetero) is 1. The SMILES string of the molecule is CC(=O)c1ccc(O)c(OCC=CCN2CCC(c3noc4cc(F)ccc34)CC2)c1. The number of hydrogen-bond acceptors (Lipinski definition) is 6. The van der Waals surface area contributed by atoms with Crippen LogP contribution in [0.25, 0.3) is 11.0 Å². The van der Waals surface area contributed by atoms with Crippen LogP contribution in [0, 0.1) is 5.82 Å². The van der Waals surface area contributed by atoms with E-state index >= 15 is 0 Å². The number of carbonyl (C=O) groups is 1. The molecular formula is C24H25FN2O4. The first-order chi connectivity index (χ1) is 15.0. The predicted octanol–water partition coefficient (Wildman–Crippen LogP) is 4.69. The molecule has 0 radical (unpaired) electrons. The van der Waals surface area contributed by atoms with Crippen molar-refractivity contribution in [1.29, 1.82) is 0 Å².